The van der Waals surface area contributed by atoms with E-state index in [1.807, 2.05) is 25.7 Å². The Hall–Kier alpha value is -1.26. The van der Waals surface area contributed by atoms with Crippen molar-refractivity contribution in [2.24, 2.45) is 0 Å². The number of hydrogen-bond acceptors (Lipinski definition) is 3. The third kappa shape index (κ3) is 6.26. The number of amides is 2. The molecular weight excluding hydrogens is 256 g/mol. The summed E-state index contributed by atoms with van der Waals surface area (Å²) in [6.07, 6.45) is 4.42. The topological polar surface area (TPSA) is 58.6 Å². The van der Waals surface area contributed by atoms with E-state index in [1.165, 1.54) is 12.8 Å². The third-order valence-electron chi connectivity index (χ3n) is 3.38. The summed E-state index contributed by atoms with van der Waals surface area (Å²) in [4.78, 5) is 25.6. The highest BCUT2D eigenvalue weighted by Crippen LogP contribution is 2.17. The lowest BCUT2D eigenvalue weighted by Crippen LogP contribution is -2.40. The van der Waals surface area contributed by atoms with Crippen LogP contribution in [0.3, 0.4) is 0 Å². The molecule has 20 heavy (non-hydrogen) atoms. The fraction of sp³-hybridized carbons (Fsp3) is 0.867. The molecule has 5 heteroatoms. The van der Waals surface area contributed by atoms with E-state index < -0.39 is 11.7 Å². The maximum absolute atomic E-state index is 12.2. The fourth-order valence-corrected chi connectivity index (χ4v) is 2.37. The molecule has 116 valence electrons. The minimum absolute atomic E-state index is 0.121. The Balaban J connectivity index is 2.30. The number of nitrogens with zero attached hydrogens (tertiary/aromatic N) is 1. The first-order valence-corrected chi connectivity index (χ1v) is 7.56. The molecule has 0 saturated carbocycles. The van der Waals surface area contributed by atoms with Crippen molar-refractivity contribution in [3.05, 3.63) is 0 Å². The monoisotopic (exact) mass is 284 g/mol. The van der Waals surface area contributed by atoms with Crippen LogP contribution in [0, 0.1) is 0 Å². The van der Waals surface area contributed by atoms with Crippen LogP contribution < -0.4 is 5.32 Å². The van der Waals surface area contributed by atoms with Gasteiger partial charge in [-0.15, -0.1) is 0 Å². The van der Waals surface area contributed by atoms with Crippen molar-refractivity contribution >= 4 is 12.0 Å². The van der Waals surface area contributed by atoms with Gasteiger partial charge in [-0.25, -0.2) is 4.79 Å². The molecule has 0 aromatic rings. The van der Waals surface area contributed by atoms with Crippen molar-refractivity contribution < 1.29 is 14.3 Å². The fourth-order valence-electron chi connectivity index (χ4n) is 2.37. The zero-order valence-corrected chi connectivity index (χ0v) is 13.2. The smallest absolute Gasteiger partial charge is 0.407 e. The molecule has 0 aliphatic carbocycles. The SMILES string of the molecule is CC1CCCCCN1C(=O)CCNC(=O)OC(C)(C)C. The van der Waals surface area contributed by atoms with Crippen LogP contribution in [0.25, 0.3) is 0 Å². The van der Waals surface area contributed by atoms with Crippen molar-refractivity contribution in [3.63, 3.8) is 0 Å². The highest BCUT2D eigenvalue weighted by atomic mass is 16.6. The van der Waals surface area contributed by atoms with Gasteiger partial charge in [-0.05, 0) is 40.5 Å². The van der Waals surface area contributed by atoms with Gasteiger partial charge in [0.25, 0.3) is 0 Å². The minimum Gasteiger partial charge on any atom is -0.444 e. The second-order valence-electron chi connectivity index (χ2n) is 6.46. The van der Waals surface area contributed by atoms with Gasteiger partial charge in [-0.2, -0.15) is 0 Å². The van der Waals surface area contributed by atoms with Crippen molar-refractivity contribution in [3.8, 4) is 0 Å². The van der Waals surface area contributed by atoms with E-state index in [0.717, 1.165) is 19.4 Å². The van der Waals surface area contributed by atoms with Gasteiger partial charge in [0.15, 0.2) is 0 Å². The summed E-state index contributed by atoms with van der Waals surface area (Å²) in [6, 6.07) is 0.312. The molecule has 0 aromatic carbocycles. The summed E-state index contributed by atoms with van der Waals surface area (Å²) in [5, 5.41) is 2.63. The second-order valence-corrected chi connectivity index (χ2v) is 6.46. The standard InChI is InChI=1S/C15H28N2O3/c1-12-8-6-5-7-11-17(12)13(18)9-10-16-14(19)20-15(2,3)4/h12H,5-11H2,1-4H3,(H,16,19). The Morgan fingerprint density at radius 1 is 1.25 bits per heavy atom. The number of alkyl carbamates (subject to hydrolysis) is 1. The minimum atomic E-state index is -0.507. The average molecular weight is 284 g/mol. The van der Waals surface area contributed by atoms with Crippen molar-refractivity contribution in [2.75, 3.05) is 13.1 Å². The first-order valence-electron chi connectivity index (χ1n) is 7.56. The molecule has 1 atom stereocenters. The molecule has 0 spiro atoms. The summed E-state index contributed by atoms with van der Waals surface area (Å²) in [6.45, 7) is 8.72. The molecule has 1 saturated heterocycles. The van der Waals surface area contributed by atoms with Gasteiger partial charge in [0.2, 0.25) is 5.91 Å². The lowest BCUT2D eigenvalue weighted by atomic mass is 10.1. The Morgan fingerprint density at radius 2 is 1.95 bits per heavy atom. The van der Waals surface area contributed by atoms with Crippen molar-refractivity contribution in [1.29, 1.82) is 0 Å². The van der Waals surface area contributed by atoms with E-state index in [9.17, 15) is 9.59 Å². The highest BCUT2D eigenvalue weighted by Gasteiger charge is 2.22. The number of rotatable bonds is 3. The number of carbonyl (C=O) groups is 2. The van der Waals surface area contributed by atoms with Crippen LogP contribution in [0.15, 0.2) is 0 Å². The number of nitrogens with one attached hydrogen (secondary N) is 1. The van der Waals surface area contributed by atoms with E-state index in [1.54, 1.807) is 0 Å². The Morgan fingerprint density at radius 3 is 2.60 bits per heavy atom. The predicted molar refractivity (Wildman–Crippen MR) is 78.5 cm³/mol. The molecule has 5 nitrogen and oxygen atoms in total. The molecule has 1 aliphatic rings. The number of carbonyl (C=O) groups excluding carboxylic acids is 2. The maximum atomic E-state index is 12.2. The van der Waals surface area contributed by atoms with Crippen LogP contribution in [0.2, 0.25) is 0 Å². The quantitative estimate of drug-likeness (QED) is 0.867. The summed E-state index contributed by atoms with van der Waals surface area (Å²) in [5.74, 6) is 0.121. The van der Waals surface area contributed by atoms with Gasteiger partial charge >= 0.3 is 6.09 Å². The van der Waals surface area contributed by atoms with Gasteiger partial charge in [0.05, 0.1) is 0 Å². The van der Waals surface area contributed by atoms with Crippen LogP contribution in [0.1, 0.15) is 59.8 Å². The molecule has 2 amide bonds. The van der Waals surface area contributed by atoms with E-state index in [2.05, 4.69) is 12.2 Å². The lowest BCUT2D eigenvalue weighted by molar-refractivity contribution is -0.132. The molecule has 1 N–H and O–H groups in total. The molecular formula is C15H28N2O3. The summed E-state index contributed by atoms with van der Waals surface area (Å²) in [5.41, 5.74) is -0.507. The van der Waals surface area contributed by atoms with E-state index >= 15 is 0 Å². The maximum Gasteiger partial charge on any atom is 0.407 e. The van der Waals surface area contributed by atoms with Gasteiger partial charge in [0.1, 0.15) is 5.60 Å². The summed E-state index contributed by atoms with van der Waals surface area (Å²) < 4.78 is 5.13. The summed E-state index contributed by atoms with van der Waals surface area (Å²) >= 11 is 0. The Kier molecular flexibility index (Phi) is 6.30. The molecule has 1 aliphatic heterocycles. The van der Waals surface area contributed by atoms with Crippen LogP contribution in [-0.4, -0.2) is 41.6 Å². The Labute approximate surface area is 122 Å². The normalized spacial score (nSPS) is 20.2. The lowest BCUT2D eigenvalue weighted by Gasteiger charge is -2.27. The molecule has 0 bridgehead atoms. The molecule has 1 fully saturated rings. The third-order valence-corrected chi connectivity index (χ3v) is 3.38. The zero-order valence-electron chi connectivity index (χ0n) is 13.2. The van der Waals surface area contributed by atoms with Crippen LogP contribution in [0.5, 0.6) is 0 Å². The first-order chi connectivity index (χ1) is 9.29. The highest BCUT2D eigenvalue weighted by molar-refractivity contribution is 5.77. The van der Waals surface area contributed by atoms with Crippen molar-refractivity contribution in [1.82, 2.24) is 10.2 Å². The van der Waals surface area contributed by atoms with Crippen molar-refractivity contribution in [2.45, 2.75) is 71.4 Å². The molecule has 0 radical (unpaired) electrons. The van der Waals surface area contributed by atoms with Gasteiger partial charge < -0.3 is 15.0 Å². The number of hydrogen-bond donors (Lipinski definition) is 1. The molecule has 1 heterocycles. The van der Waals surface area contributed by atoms with E-state index in [0.29, 0.717) is 19.0 Å². The first kappa shape index (κ1) is 16.8. The summed E-state index contributed by atoms with van der Waals surface area (Å²) in [7, 11) is 0. The van der Waals surface area contributed by atoms with Gasteiger partial charge in [0, 0.05) is 25.6 Å². The second kappa shape index (κ2) is 7.50. The van der Waals surface area contributed by atoms with Gasteiger partial charge in [-0.3, -0.25) is 4.79 Å². The predicted octanol–water partition coefficient (Wildman–Crippen LogP) is 2.69. The van der Waals surface area contributed by atoms with Crippen LogP contribution >= 0.6 is 0 Å². The molecule has 1 rings (SSSR count). The van der Waals surface area contributed by atoms with E-state index in [-0.39, 0.29) is 5.91 Å². The van der Waals surface area contributed by atoms with E-state index in [4.69, 9.17) is 4.74 Å². The van der Waals surface area contributed by atoms with Crippen LogP contribution in [-0.2, 0) is 9.53 Å². The largest absolute Gasteiger partial charge is 0.444 e. The number of likely N-dealkylation sites (tertiary alicyclic amines) is 1. The molecule has 0 aromatic heterocycles. The average Bonchev–Trinajstić information content (AvgIpc) is 2.51. The van der Waals surface area contributed by atoms with Crippen LogP contribution in [0.4, 0.5) is 4.79 Å². The van der Waals surface area contributed by atoms with Gasteiger partial charge in [-0.1, -0.05) is 12.8 Å². The molecule has 1 unspecified atom stereocenters. The Bertz CT molecular complexity index is 337. The zero-order chi connectivity index (χ0) is 15.2. The number of ether oxygens (including phenoxy) is 1.